The van der Waals surface area contributed by atoms with Crippen molar-refractivity contribution in [1.29, 1.82) is 0 Å². The minimum Gasteiger partial charge on any atom is -0.378 e. The first-order valence-corrected chi connectivity index (χ1v) is 8.84. The topological polar surface area (TPSA) is 68.5 Å². The maximum absolute atomic E-state index is 12.1. The molecule has 3 atom stereocenters. The summed E-state index contributed by atoms with van der Waals surface area (Å²) in [6.45, 7) is 2.87. The largest absolute Gasteiger partial charge is 0.378 e. The highest BCUT2D eigenvalue weighted by Gasteiger charge is 2.37. The van der Waals surface area contributed by atoms with Gasteiger partial charge in [0.1, 0.15) is 0 Å². The number of nitrogens with one attached hydrogen (secondary N) is 1. The lowest BCUT2D eigenvalue weighted by Crippen LogP contribution is -2.38. The number of hydrogen-bond donors (Lipinski definition) is 1. The predicted molar refractivity (Wildman–Crippen MR) is 85.6 cm³/mol. The molecule has 0 radical (unpaired) electrons. The molecule has 4 rings (SSSR count). The molecule has 1 aliphatic heterocycles. The molecule has 2 aromatic heterocycles. The molecule has 118 valence electrons. The number of ether oxygens (including phenoxy) is 1. The number of aryl methyl sites for hydroxylation is 1. The first-order chi connectivity index (χ1) is 10.7. The first kappa shape index (κ1) is 14.1. The number of nitrogens with zero attached hydrogens (tertiary/aromatic N) is 3. The van der Waals surface area contributed by atoms with Gasteiger partial charge in [-0.25, -0.2) is 4.98 Å². The Bertz CT molecular complexity index is 741. The second kappa shape index (κ2) is 5.62. The van der Waals surface area contributed by atoms with Crippen LogP contribution in [0.15, 0.2) is 10.9 Å². The van der Waals surface area contributed by atoms with Crippen LogP contribution < -0.4 is 10.9 Å². The monoisotopic (exact) mass is 320 g/mol. The summed E-state index contributed by atoms with van der Waals surface area (Å²) in [7, 11) is 0. The molecule has 3 unspecified atom stereocenters. The van der Waals surface area contributed by atoms with Crippen LogP contribution in [0.2, 0.25) is 0 Å². The summed E-state index contributed by atoms with van der Waals surface area (Å²) in [5, 5.41) is 8.73. The van der Waals surface area contributed by atoms with Gasteiger partial charge < -0.3 is 10.1 Å². The van der Waals surface area contributed by atoms with Crippen LogP contribution in [-0.4, -0.2) is 33.4 Å². The van der Waals surface area contributed by atoms with E-state index in [2.05, 4.69) is 15.4 Å². The van der Waals surface area contributed by atoms with Gasteiger partial charge in [0.2, 0.25) is 10.1 Å². The molecule has 3 heterocycles. The number of hydrogen-bond acceptors (Lipinski definition) is 6. The van der Waals surface area contributed by atoms with Gasteiger partial charge in [-0.1, -0.05) is 18.3 Å². The van der Waals surface area contributed by atoms with E-state index in [1.165, 1.54) is 28.7 Å². The van der Waals surface area contributed by atoms with Crippen molar-refractivity contribution in [2.75, 3.05) is 11.9 Å². The van der Waals surface area contributed by atoms with Crippen LogP contribution in [0.4, 0.5) is 5.13 Å². The van der Waals surface area contributed by atoms with Crippen molar-refractivity contribution >= 4 is 21.4 Å². The molecule has 0 amide bonds. The van der Waals surface area contributed by atoms with Gasteiger partial charge in [-0.05, 0) is 32.1 Å². The molecule has 2 fully saturated rings. The Morgan fingerprint density at radius 2 is 2.36 bits per heavy atom. The highest BCUT2D eigenvalue weighted by atomic mass is 32.1. The van der Waals surface area contributed by atoms with E-state index in [1.54, 1.807) is 6.07 Å². The Kier molecular flexibility index (Phi) is 3.62. The molecule has 22 heavy (non-hydrogen) atoms. The fourth-order valence-electron chi connectivity index (χ4n) is 3.61. The van der Waals surface area contributed by atoms with Crippen molar-refractivity contribution in [2.24, 2.45) is 5.92 Å². The second-order valence-electron chi connectivity index (χ2n) is 6.08. The first-order valence-electron chi connectivity index (χ1n) is 8.02. The average Bonchev–Trinajstić information content (AvgIpc) is 3.14. The standard InChI is InChI=1S/C15H20N4O2S/c1-2-9-8-13(20)19-15(16-9)22-14(18-19)17-11-4-3-5-12-10(11)6-7-21-12/h8,10-12H,2-7H2,1H3,(H,17,18). The van der Waals surface area contributed by atoms with Gasteiger partial charge in [0.15, 0.2) is 0 Å². The zero-order valence-electron chi connectivity index (χ0n) is 12.6. The zero-order valence-corrected chi connectivity index (χ0v) is 13.4. The van der Waals surface area contributed by atoms with Gasteiger partial charge in [-0.15, -0.1) is 5.10 Å². The quantitative estimate of drug-likeness (QED) is 0.938. The van der Waals surface area contributed by atoms with Gasteiger partial charge in [-0.2, -0.15) is 4.52 Å². The van der Waals surface area contributed by atoms with Crippen LogP contribution in [0.25, 0.3) is 4.96 Å². The van der Waals surface area contributed by atoms with Crippen molar-refractivity contribution in [3.05, 3.63) is 22.1 Å². The van der Waals surface area contributed by atoms with E-state index in [0.29, 0.717) is 23.0 Å². The van der Waals surface area contributed by atoms with E-state index in [1.807, 2.05) is 6.92 Å². The molecule has 2 aliphatic rings. The summed E-state index contributed by atoms with van der Waals surface area (Å²) in [5.74, 6) is 0.566. The molecule has 6 nitrogen and oxygen atoms in total. The molecular formula is C15H20N4O2S. The summed E-state index contributed by atoms with van der Waals surface area (Å²) in [4.78, 5) is 17.2. The Morgan fingerprint density at radius 1 is 1.45 bits per heavy atom. The fraction of sp³-hybridized carbons (Fsp3) is 0.667. The third kappa shape index (κ3) is 2.42. The van der Waals surface area contributed by atoms with Crippen molar-refractivity contribution in [1.82, 2.24) is 14.6 Å². The smallest absolute Gasteiger partial charge is 0.275 e. The number of fused-ring (bicyclic) bond motifs is 2. The third-order valence-electron chi connectivity index (χ3n) is 4.75. The van der Waals surface area contributed by atoms with Crippen molar-refractivity contribution in [3.63, 3.8) is 0 Å². The number of anilines is 1. The van der Waals surface area contributed by atoms with E-state index in [4.69, 9.17) is 4.74 Å². The summed E-state index contributed by atoms with van der Waals surface area (Å²) < 4.78 is 7.21. The Balaban J connectivity index is 1.61. The lowest BCUT2D eigenvalue weighted by atomic mass is 9.82. The fourth-order valence-corrected chi connectivity index (χ4v) is 4.50. The van der Waals surface area contributed by atoms with Gasteiger partial charge in [0.25, 0.3) is 5.56 Å². The predicted octanol–water partition coefficient (Wildman–Crippen LogP) is 2.08. The lowest BCUT2D eigenvalue weighted by molar-refractivity contribution is 0.0620. The number of aromatic nitrogens is 3. The summed E-state index contributed by atoms with van der Waals surface area (Å²) >= 11 is 1.46. The van der Waals surface area contributed by atoms with Gasteiger partial charge >= 0.3 is 0 Å². The van der Waals surface area contributed by atoms with Gasteiger partial charge in [-0.3, -0.25) is 4.79 Å². The normalized spacial score (nSPS) is 28.0. The van der Waals surface area contributed by atoms with Crippen molar-refractivity contribution < 1.29 is 4.74 Å². The molecule has 0 bridgehead atoms. The van der Waals surface area contributed by atoms with E-state index >= 15 is 0 Å². The van der Waals surface area contributed by atoms with Gasteiger partial charge in [0.05, 0.1) is 6.10 Å². The van der Waals surface area contributed by atoms with Gasteiger partial charge in [0, 0.05) is 30.3 Å². The highest BCUT2D eigenvalue weighted by Crippen LogP contribution is 2.36. The summed E-state index contributed by atoms with van der Waals surface area (Å²) in [6, 6.07) is 1.96. The van der Waals surface area contributed by atoms with E-state index in [-0.39, 0.29) is 5.56 Å². The maximum Gasteiger partial charge on any atom is 0.275 e. The minimum absolute atomic E-state index is 0.100. The van der Waals surface area contributed by atoms with Crippen LogP contribution in [0.5, 0.6) is 0 Å². The van der Waals surface area contributed by atoms with Crippen LogP contribution in [-0.2, 0) is 11.2 Å². The second-order valence-corrected chi connectivity index (χ2v) is 7.04. The third-order valence-corrected chi connectivity index (χ3v) is 5.59. The average molecular weight is 320 g/mol. The Hall–Kier alpha value is -1.47. The lowest BCUT2D eigenvalue weighted by Gasteiger charge is -2.32. The SMILES string of the molecule is CCc1cc(=O)n2nc(NC3CCCC4OCCC34)sc2n1. The van der Waals surface area contributed by atoms with E-state index in [0.717, 1.165) is 36.7 Å². The highest BCUT2D eigenvalue weighted by molar-refractivity contribution is 7.20. The van der Waals surface area contributed by atoms with Crippen LogP contribution >= 0.6 is 11.3 Å². The van der Waals surface area contributed by atoms with Crippen molar-refractivity contribution in [3.8, 4) is 0 Å². The molecule has 0 spiro atoms. The molecular weight excluding hydrogens is 300 g/mol. The van der Waals surface area contributed by atoms with E-state index in [9.17, 15) is 4.79 Å². The minimum atomic E-state index is -0.100. The molecule has 1 saturated carbocycles. The molecule has 2 aromatic rings. The summed E-state index contributed by atoms with van der Waals surface area (Å²) in [6.07, 6.45) is 5.77. The van der Waals surface area contributed by atoms with E-state index < -0.39 is 0 Å². The number of rotatable bonds is 3. The molecule has 1 aliphatic carbocycles. The zero-order chi connectivity index (χ0) is 15.1. The molecule has 7 heteroatoms. The van der Waals surface area contributed by atoms with Crippen molar-refractivity contribution in [2.45, 2.75) is 51.2 Å². The molecule has 1 N–H and O–H groups in total. The Morgan fingerprint density at radius 3 is 3.23 bits per heavy atom. The maximum atomic E-state index is 12.1. The Labute approximate surface area is 132 Å². The van der Waals surface area contributed by atoms with Crippen LogP contribution in [0.1, 0.15) is 38.3 Å². The summed E-state index contributed by atoms with van der Waals surface area (Å²) in [5.41, 5.74) is 0.721. The molecule has 1 saturated heterocycles. The van der Waals surface area contributed by atoms with Crippen LogP contribution in [0, 0.1) is 5.92 Å². The molecule has 0 aromatic carbocycles. The van der Waals surface area contributed by atoms with Crippen LogP contribution in [0.3, 0.4) is 0 Å².